The lowest BCUT2D eigenvalue weighted by molar-refractivity contribution is 0.550. The van der Waals surface area contributed by atoms with Crippen LogP contribution in [-0.4, -0.2) is 14.5 Å². The lowest BCUT2D eigenvalue weighted by Crippen LogP contribution is -2.33. The molecule has 18 heavy (non-hydrogen) atoms. The fraction of sp³-hybridized carbons (Fsp3) is 0.333. The number of hydrogen-bond acceptors (Lipinski definition) is 4. The van der Waals surface area contributed by atoms with Crippen molar-refractivity contribution in [2.45, 2.75) is 30.5 Å². The second kappa shape index (κ2) is 5.26. The molecular weight excluding hydrogens is 270 g/mol. The van der Waals surface area contributed by atoms with E-state index in [4.69, 9.17) is 4.42 Å². The molecule has 0 fully saturated rings. The van der Waals surface area contributed by atoms with Crippen LogP contribution in [0.15, 0.2) is 39.4 Å². The van der Waals surface area contributed by atoms with Gasteiger partial charge < -0.3 is 4.42 Å². The monoisotopic (exact) mass is 285 g/mol. The van der Waals surface area contributed by atoms with Crippen molar-refractivity contribution in [1.82, 2.24) is 4.72 Å². The number of thiophene rings is 1. The van der Waals surface area contributed by atoms with Gasteiger partial charge in [-0.15, -0.1) is 11.3 Å². The molecule has 0 aliphatic carbocycles. The fourth-order valence-electron chi connectivity index (χ4n) is 1.68. The molecule has 2 aromatic rings. The van der Waals surface area contributed by atoms with Crippen LogP contribution >= 0.6 is 11.3 Å². The molecule has 2 heterocycles. The van der Waals surface area contributed by atoms with Gasteiger partial charge in [-0.25, -0.2) is 13.1 Å². The Balaban J connectivity index is 2.04. The van der Waals surface area contributed by atoms with Crippen molar-refractivity contribution in [1.29, 1.82) is 0 Å². The van der Waals surface area contributed by atoms with Gasteiger partial charge in [0.1, 0.15) is 4.21 Å². The van der Waals surface area contributed by atoms with E-state index < -0.39 is 10.0 Å². The zero-order valence-electron chi connectivity index (χ0n) is 10.2. The molecule has 0 aliphatic heterocycles. The SMILES string of the molecule is Cc1ccc(S(=O)(=O)NC(C)Cc2ccoc2)s1. The summed E-state index contributed by atoms with van der Waals surface area (Å²) in [6.45, 7) is 3.73. The zero-order valence-corrected chi connectivity index (χ0v) is 11.8. The first kappa shape index (κ1) is 13.3. The molecule has 2 rings (SSSR count). The molecule has 0 aliphatic rings. The van der Waals surface area contributed by atoms with Crippen molar-refractivity contribution >= 4 is 21.4 Å². The standard InChI is InChI=1S/C12H15NO3S2/c1-9(7-11-5-6-16-8-11)13-18(14,15)12-4-3-10(2)17-12/h3-6,8-9,13H,7H2,1-2H3. The number of rotatable bonds is 5. The minimum atomic E-state index is -3.40. The molecule has 0 saturated heterocycles. The Morgan fingerprint density at radius 3 is 2.72 bits per heavy atom. The highest BCUT2D eigenvalue weighted by Gasteiger charge is 2.19. The highest BCUT2D eigenvalue weighted by Crippen LogP contribution is 2.20. The molecule has 0 aromatic carbocycles. The molecule has 0 amide bonds. The Bertz CT molecular complexity index is 599. The maximum absolute atomic E-state index is 12.1. The first-order valence-corrected chi connectivity index (χ1v) is 7.87. The topological polar surface area (TPSA) is 59.3 Å². The maximum atomic E-state index is 12.1. The second-order valence-corrected chi connectivity index (χ2v) is 7.45. The molecule has 98 valence electrons. The Morgan fingerprint density at radius 2 is 2.17 bits per heavy atom. The first-order valence-electron chi connectivity index (χ1n) is 5.57. The van der Waals surface area contributed by atoms with Crippen LogP contribution in [0.1, 0.15) is 17.4 Å². The number of sulfonamides is 1. The number of nitrogens with one attached hydrogen (secondary N) is 1. The third-order valence-electron chi connectivity index (χ3n) is 2.46. The lowest BCUT2D eigenvalue weighted by Gasteiger charge is -2.12. The molecule has 0 spiro atoms. The van der Waals surface area contributed by atoms with Crippen molar-refractivity contribution < 1.29 is 12.8 Å². The van der Waals surface area contributed by atoms with Crippen LogP contribution in [0.3, 0.4) is 0 Å². The normalized spacial score (nSPS) is 13.7. The van der Waals surface area contributed by atoms with Crippen LogP contribution in [0, 0.1) is 6.92 Å². The van der Waals surface area contributed by atoms with Gasteiger partial charge in [-0.2, -0.15) is 0 Å². The number of aryl methyl sites for hydroxylation is 1. The smallest absolute Gasteiger partial charge is 0.250 e. The third kappa shape index (κ3) is 3.22. The number of furan rings is 1. The summed E-state index contributed by atoms with van der Waals surface area (Å²) in [6.07, 6.45) is 3.82. The average molecular weight is 285 g/mol. The van der Waals surface area contributed by atoms with Gasteiger partial charge in [-0.05, 0) is 44.0 Å². The van der Waals surface area contributed by atoms with Crippen LogP contribution in [0.2, 0.25) is 0 Å². The first-order chi connectivity index (χ1) is 8.47. The lowest BCUT2D eigenvalue weighted by atomic mass is 10.1. The largest absolute Gasteiger partial charge is 0.472 e. The van der Waals surface area contributed by atoms with Crippen molar-refractivity contribution in [2.24, 2.45) is 0 Å². The van der Waals surface area contributed by atoms with Crippen molar-refractivity contribution in [3.63, 3.8) is 0 Å². The third-order valence-corrected chi connectivity index (χ3v) is 5.54. The van der Waals surface area contributed by atoms with E-state index >= 15 is 0 Å². The Morgan fingerprint density at radius 1 is 1.39 bits per heavy atom. The zero-order chi connectivity index (χ0) is 13.2. The van der Waals surface area contributed by atoms with Gasteiger partial charge in [0, 0.05) is 10.9 Å². The maximum Gasteiger partial charge on any atom is 0.250 e. The predicted molar refractivity (Wildman–Crippen MR) is 71.3 cm³/mol. The quantitative estimate of drug-likeness (QED) is 0.918. The summed E-state index contributed by atoms with van der Waals surface area (Å²) >= 11 is 1.28. The van der Waals surface area contributed by atoms with Gasteiger partial charge in [-0.3, -0.25) is 0 Å². The van der Waals surface area contributed by atoms with Crippen molar-refractivity contribution in [2.75, 3.05) is 0 Å². The summed E-state index contributed by atoms with van der Waals surface area (Å²) in [5.41, 5.74) is 0.979. The summed E-state index contributed by atoms with van der Waals surface area (Å²) in [6, 6.07) is 5.10. The van der Waals surface area contributed by atoms with Crippen molar-refractivity contribution in [3.05, 3.63) is 41.2 Å². The van der Waals surface area contributed by atoms with Gasteiger partial charge in [-0.1, -0.05) is 0 Å². The molecule has 1 unspecified atom stereocenters. The summed E-state index contributed by atoms with van der Waals surface area (Å²) < 4.78 is 32.1. The Kier molecular flexibility index (Phi) is 3.89. The van der Waals surface area contributed by atoms with Gasteiger partial charge in [0.15, 0.2) is 0 Å². The van der Waals surface area contributed by atoms with Gasteiger partial charge in [0.25, 0.3) is 0 Å². The molecule has 1 N–H and O–H groups in total. The molecule has 0 bridgehead atoms. The summed E-state index contributed by atoms with van der Waals surface area (Å²) in [5, 5.41) is 0. The van der Waals surface area contributed by atoms with Crippen molar-refractivity contribution in [3.8, 4) is 0 Å². The fourth-order valence-corrected chi connectivity index (χ4v) is 4.23. The van der Waals surface area contributed by atoms with E-state index in [0.717, 1.165) is 10.4 Å². The van der Waals surface area contributed by atoms with Crippen LogP contribution in [0.25, 0.3) is 0 Å². The molecule has 1 atom stereocenters. The van der Waals surface area contributed by atoms with E-state index in [1.807, 2.05) is 19.9 Å². The molecule has 4 nitrogen and oxygen atoms in total. The van der Waals surface area contributed by atoms with Crippen LogP contribution < -0.4 is 4.72 Å². The highest BCUT2D eigenvalue weighted by atomic mass is 32.2. The summed E-state index contributed by atoms with van der Waals surface area (Å²) in [5.74, 6) is 0. The minimum absolute atomic E-state index is 0.171. The molecular formula is C12H15NO3S2. The molecule has 2 aromatic heterocycles. The second-order valence-electron chi connectivity index (χ2n) is 4.22. The van der Waals surface area contributed by atoms with E-state index in [9.17, 15) is 8.42 Å². The van der Waals surface area contributed by atoms with Gasteiger partial charge >= 0.3 is 0 Å². The van der Waals surface area contributed by atoms with Gasteiger partial charge in [0.2, 0.25) is 10.0 Å². The number of hydrogen-bond donors (Lipinski definition) is 1. The predicted octanol–water partition coefficient (Wildman–Crippen LogP) is 2.56. The summed E-state index contributed by atoms with van der Waals surface area (Å²) in [4.78, 5) is 0.984. The summed E-state index contributed by atoms with van der Waals surface area (Å²) in [7, 11) is -3.40. The van der Waals surface area contributed by atoms with E-state index in [1.165, 1.54) is 11.3 Å². The highest BCUT2D eigenvalue weighted by molar-refractivity contribution is 7.91. The Hall–Kier alpha value is -1.11. The van der Waals surface area contributed by atoms with Crippen LogP contribution in [0.5, 0.6) is 0 Å². The molecule has 6 heteroatoms. The van der Waals surface area contributed by atoms with E-state index in [2.05, 4.69) is 4.72 Å². The van der Waals surface area contributed by atoms with Gasteiger partial charge in [0.05, 0.1) is 12.5 Å². The van der Waals surface area contributed by atoms with E-state index in [0.29, 0.717) is 10.6 Å². The molecule has 0 radical (unpaired) electrons. The Labute approximate surface area is 111 Å². The molecule has 0 saturated carbocycles. The van der Waals surface area contributed by atoms with Crippen LogP contribution in [0.4, 0.5) is 0 Å². The van der Waals surface area contributed by atoms with Crippen LogP contribution in [-0.2, 0) is 16.4 Å². The van der Waals surface area contributed by atoms with E-state index in [1.54, 1.807) is 24.7 Å². The average Bonchev–Trinajstić information content (AvgIpc) is 2.88. The minimum Gasteiger partial charge on any atom is -0.472 e. The van der Waals surface area contributed by atoms with E-state index in [-0.39, 0.29) is 6.04 Å².